The van der Waals surface area contributed by atoms with Crippen LogP contribution in [0.2, 0.25) is 0 Å². The largest absolute Gasteiger partial charge is 0.370 e. The molecule has 1 aliphatic rings. The standard InChI is InChI=1S/C22H24FN3O4/c23-17-8-10-18(11-9-17)25-22(29)21(28)24-12-4-7-20(27)26-13-14-30-19(15-26)16-5-2-1-3-6-16/h1-3,5-6,8-11,19H,4,7,12-15H2,(H,24,28)(H,25,29). The van der Waals surface area contributed by atoms with Gasteiger partial charge in [-0.1, -0.05) is 30.3 Å². The van der Waals surface area contributed by atoms with E-state index in [0.717, 1.165) is 5.56 Å². The van der Waals surface area contributed by atoms with E-state index in [4.69, 9.17) is 4.74 Å². The van der Waals surface area contributed by atoms with E-state index in [1.807, 2.05) is 30.3 Å². The number of amides is 3. The van der Waals surface area contributed by atoms with Crippen molar-refractivity contribution in [1.29, 1.82) is 0 Å². The number of halogens is 1. The Bertz CT molecular complexity index is 874. The second-order valence-electron chi connectivity index (χ2n) is 6.93. The summed E-state index contributed by atoms with van der Waals surface area (Å²) in [5, 5.41) is 4.87. The Morgan fingerprint density at radius 1 is 1.03 bits per heavy atom. The van der Waals surface area contributed by atoms with Gasteiger partial charge in [0.1, 0.15) is 11.9 Å². The summed E-state index contributed by atoms with van der Waals surface area (Å²) >= 11 is 0. The second kappa shape index (κ2) is 10.5. The fraction of sp³-hybridized carbons (Fsp3) is 0.318. The topological polar surface area (TPSA) is 87.7 Å². The predicted molar refractivity (Wildman–Crippen MR) is 109 cm³/mol. The molecule has 1 heterocycles. The molecule has 1 atom stereocenters. The Kier molecular flexibility index (Phi) is 7.51. The number of ether oxygens (including phenoxy) is 1. The number of benzene rings is 2. The molecule has 7 nitrogen and oxygen atoms in total. The van der Waals surface area contributed by atoms with Crippen molar-refractivity contribution in [2.24, 2.45) is 0 Å². The van der Waals surface area contributed by atoms with Gasteiger partial charge in [-0.15, -0.1) is 0 Å². The number of carbonyl (C=O) groups is 3. The Hall–Kier alpha value is -3.26. The van der Waals surface area contributed by atoms with E-state index in [1.165, 1.54) is 24.3 Å². The predicted octanol–water partition coefficient (Wildman–Crippen LogP) is 2.26. The highest BCUT2D eigenvalue weighted by atomic mass is 19.1. The lowest BCUT2D eigenvalue weighted by atomic mass is 10.1. The molecule has 0 saturated carbocycles. The normalized spacial score (nSPS) is 16.0. The van der Waals surface area contributed by atoms with Gasteiger partial charge in [-0.05, 0) is 36.2 Å². The molecule has 1 saturated heterocycles. The Labute approximate surface area is 174 Å². The molecule has 0 aromatic heterocycles. The average molecular weight is 413 g/mol. The fourth-order valence-corrected chi connectivity index (χ4v) is 3.15. The Morgan fingerprint density at radius 2 is 1.77 bits per heavy atom. The average Bonchev–Trinajstić information content (AvgIpc) is 2.78. The van der Waals surface area contributed by atoms with Crippen LogP contribution in [0.15, 0.2) is 54.6 Å². The highest BCUT2D eigenvalue weighted by molar-refractivity contribution is 6.39. The van der Waals surface area contributed by atoms with E-state index < -0.39 is 17.6 Å². The monoisotopic (exact) mass is 413 g/mol. The van der Waals surface area contributed by atoms with Gasteiger partial charge in [0.2, 0.25) is 5.91 Å². The molecule has 1 fully saturated rings. The molecule has 1 aliphatic heterocycles. The highest BCUT2D eigenvalue weighted by Crippen LogP contribution is 2.22. The van der Waals surface area contributed by atoms with Crippen LogP contribution in [-0.2, 0) is 19.1 Å². The maximum atomic E-state index is 12.9. The van der Waals surface area contributed by atoms with Crippen LogP contribution in [-0.4, -0.2) is 48.9 Å². The molecule has 158 valence electrons. The van der Waals surface area contributed by atoms with Crippen molar-refractivity contribution in [3.05, 3.63) is 66.0 Å². The van der Waals surface area contributed by atoms with Crippen LogP contribution >= 0.6 is 0 Å². The van der Waals surface area contributed by atoms with Gasteiger partial charge in [-0.2, -0.15) is 0 Å². The number of morpholine rings is 1. The maximum Gasteiger partial charge on any atom is 0.313 e. The van der Waals surface area contributed by atoms with Crippen molar-refractivity contribution in [3.8, 4) is 0 Å². The zero-order chi connectivity index (χ0) is 21.3. The summed E-state index contributed by atoms with van der Waals surface area (Å²) in [6, 6.07) is 14.9. The lowest BCUT2D eigenvalue weighted by Crippen LogP contribution is -2.42. The maximum absolute atomic E-state index is 12.9. The number of nitrogens with one attached hydrogen (secondary N) is 2. The Balaban J connectivity index is 1.37. The molecule has 3 rings (SSSR count). The molecule has 0 bridgehead atoms. The van der Waals surface area contributed by atoms with Crippen molar-refractivity contribution in [3.63, 3.8) is 0 Å². The summed E-state index contributed by atoms with van der Waals surface area (Å²) in [6.07, 6.45) is 0.544. The minimum atomic E-state index is -0.841. The van der Waals surface area contributed by atoms with Crippen LogP contribution in [0.25, 0.3) is 0 Å². The van der Waals surface area contributed by atoms with Crippen LogP contribution in [0.5, 0.6) is 0 Å². The summed E-state index contributed by atoms with van der Waals surface area (Å²) < 4.78 is 18.6. The van der Waals surface area contributed by atoms with Crippen LogP contribution in [0, 0.1) is 5.82 Å². The van der Waals surface area contributed by atoms with Crippen molar-refractivity contribution in [1.82, 2.24) is 10.2 Å². The smallest absolute Gasteiger partial charge is 0.313 e. The first-order valence-electron chi connectivity index (χ1n) is 9.82. The fourth-order valence-electron chi connectivity index (χ4n) is 3.15. The summed E-state index contributed by atoms with van der Waals surface area (Å²) in [7, 11) is 0. The minimum absolute atomic E-state index is 0.00996. The summed E-state index contributed by atoms with van der Waals surface area (Å²) in [6.45, 7) is 1.71. The second-order valence-corrected chi connectivity index (χ2v) is 6.93. The van der Waals surface area contributed by atoms with Crippen LogP contribution in [0.3, 0.4) is 0 Å². The SMILES string of the molecule is O=C(NCCCC(=O)N1CCOC(c2ccccc2)C1)C(=O)Nc1ccc(F)cc1. The molecule has 2 aromatic carbocycles. The van der Waals surface area contributed by atoms with E-state index in [1.54, 1.807) is 4.90 Å². The molecule has 8 heteroatoms. The molecule has 3 amide bonds. The molecule has 0 spiro atoms. The highest BCUT2D eigenvalue weighted by Gasteiger charge is 2.25. The number of rotatable bonds is 6. The van der Waals surface area contributed by atoms with Gasteiger partial charge < -0.3 is 20.3 Å². The van der Waals surface area contributed by atoms with Gasteiger partial charge in [-0.25, -0.2) is 4.39 Å². The lowest BCUT2D eigenvalue weighted by molar-refractivity contribution is -0.139. The molecule has 2 aromatic rings. The van der Waals surface area contributed by atoms with E-state index in [-0.39, 0.29) is 25.0 Å². The first-order valence-corrected chi connectivity index (χ1v) is 9.82. The summed E-state index contributed by atoms with van der Waals surface area (Å²) in [4.78, 5) is 37.9. The number of carbonyl (C=O) groups excluding carboxylic acids is 3. The van der Waals surface area contributed by atoms with Crippen LogP contribution in [0.1, 0.15) is 24.5 Å². The zero-order valence-corrected chi connectivity index (χ0v) is 16.5. The first-order chi connectivity index (χ1) is 14.5. The van der Waals surface area contributed by atoms with Crippen molar-refractivity contribution < 1.29 is 23.5 Å². The quantitative estimate of drug-likeness (QED) is 0.562. The Morgan fingerprint density at radius 3 is 2.50 bits per heavy atom. The summed E-state index contributed by atoms with van der Waals surface area (Å²) in [5.74, 6) is -2.09. The van der Waals surface area contributed by atoms with Crippen molar-refractivity contribution in [2.75, 3.05) is 31.6 Å². The third-order valence-electron chi connectivity index (χ3n) is 4.75. The summed E-state index contributed by atoms with van der Waals surface area (Å²) in [5.41, 5.74) is 1.36. The number of anilines is 1. The molecular formula is C22H24FN3O4. The third kappa shape index (κ3) is 6.12. The van der Waals surface area contributed by atoms with Crippen LogP contribution in [0.4, 0.5) is 10.1 Å². The van der Waals surface area contributed by atoms with E-state index >= 15 is 0 Å². The molecule has 1 unspecified atom stereocenters. The number of hydrogen-bond acceptors (Lipinski definition) is 4. The zero-order valence-electron chi connectivity index (χ0n) is 16.5. The third-order valence-corrected chi connectivity index (χ3v) is 4.75. The van der Waals surface area contributed by atoms with E-state index in [2.05, 4.69) is 10.6 Å². The number of nitrogens with zero attached hydrogens (tertiary/aromatic N) is 1. The van der Waals surface area contributed by atoms with Gasteiger partial charge in [0.25, 0.3) is 0 Å². The number of hydrogen-bond donors (Lipinski definition) is 2. The van der Waals surface area contributed by atoms with Gasteiger partial charge in [0, 0.05) is 25.2 Å². The van der Waals surface area contributed by atoms with Crippen molar-refractivity contribution in [2.45, 2.75) is 18.9 Å². The minimum Gasteiger partial charge on any atom is -0.370 e. The molecule has 2 N–H and O–H groups in total. The van der Waals surface area contributed by atoms with E-state index in [9.17, 15) is 18.8 Å². The molecule has 0 aliphatic carbocycles. The molecule has 30 heavy (non-hydrogen) atoms. The van der Waals surface area contributed by atoms with Gasteiger partial charge in [0.05, 0.1) is 13.2 Å². The van der Waals surface area contributed by atoms with Gasteiger partial charge in [0.15, 0.2) is 0 Å². The lowest BCUT2D eigenvalue weighted by Gasteiger charge is -2.33. The molecule has 0 radical (unpaired) electrons. The molecular weight excluding hydrogens is 389 g/mol. The van der Waals surface area contributed by atoms with Crippen LogP contribution < -0.4 is 10.6 Å². The van der Waals surface area contributed by atoms with Gasteiger partial charge in [-0.3, -0.25) is 14.4 Å². The van der Waals surface area contributed by atoms with Crippen molar-refractivity contribution >= 4 is 23.4 Å². The van der Waals surface area contributed by atoms with Gasteiger partial charge >= 0.3 is 11.8 Å². The van der Waals surface area contributed by atoms with E-state index in [0.29, 0.717) is 31.8 Å². The first kappa shape index (κ1) is 21.4.